The van der Waals surface area contributed by atoms with Gasteiger partial charge in [0.1, 0.15) is 11.6 Å². The minimum absolute atomic E-state index is 0.850. The van der Waals surface area contributed by atoms with Gasteiger partial charge >= 0.3 is 0 Å². The predicted molar refractivity (Wildman–Crippen MR) is 203 cm³/mol. The van der Waals surface area contributed by atoms with E-state index in [0.29, 0.717) is 0 Å². The zero-order chi connectivity index (χ0) is 33.0. The van der Waals surface area contributed by atoms with Gasteiger partial charge in [0.25, 0.3) is 0 Å². The predicted octanol–water partition coefficient (Wildman–Crippen LogP) is 10.5. The van der Waals surface area contributed by atoms with Gasteiger partial charge in [-0.1, -0.05) is 84.9 Å². The highest BCUT2D eigenvalue weighted by molar-refractivity contribution is 6.10. The maximum absolute atomic E-state index is 5.16. The normalized spacial score (nSPS) is 11.6. The highest BCUT2D eigenvalue weighted by Crippen LogP contribution is 2.34. The van der Waals surface area contributed by atoms with Crippen LogP contribution in [0, 0.1) is 0 Å². The number of nitrogens with zero attached hydrogens (tertiary/aromatic N) is 6. The number of para-hydroxylation sites is 4. The highest BCUT2D eigenvalue weighted by Gasteiger charge is 2.15. The second kappa shape index (κ2) is 11.4. The molecule has 0 fully saturated rings. The SMILES string of the molecule is c1cc(-c2cncc(-c3cncc(-c4cccc(-n5c6ccccc6c6ccccc65)n4)c3)c2)nc(-n2c3ccccc3c3ccccc32)c1. The Hall–Kier alpha value is -6.92. The number of fused-ring (bicyclic) bond motifs is 6. The maximum atomic E-state index is 5.16. The van der Waals surface area contributed by atoms with Crippen LogP contribution in [0.1, 0.15) is 0 Å². The lowest BCUT2D eigenvalue weighted by Gasteiger charge is -2.11. The van der Waals surface area contributed by atoms with Crippen LogP contribution in [0.2, 0.25) is 0 Å². The van der Waals surface area contributed by atoms with Crippen molar-refractivity contribution >= 4 is 43.6 Å². The van der Waals surface area contributed by atoms with Crippen LogP contribution in [0.5, 0.6) is 0 Å². The molecule has 4 aromatic carbocycles. The van der Waals surface area contributed by atoms with Gasteiger partial charge in [-0.2, -0.15) is 0 Å². The fourth-order valence-electron chi connectivity index (χ4n) is 7.23. The van der Waals surface area contributed by atoms with Crippen molar-refractivity contribution in [1.82, 2.24) is 29.1 Å². The van der Waals surface area contributed by atoms with Crippen LogP contribution in [-0.4, -0.2) is 29.1 Å². The van der Waals surface area contributed by atoms with E-state index in [1.807, 2.05) is 36.9 Å². The topological polar surface area (TPSA) is 61.4 Å². The lowest BCUT2D eigenvalue weighted by atomic mass is 10.0. The Morgan fingerprint density at radius 2 is 0.660 bits per heavy atom. The van der Waals surface area contributed by atoms with Crippen molar-refractivity contribution in [2.24, 2.45) is 0 Å². The average molecular weight is 641 g/mol. The molecular formula is C44H28N6. The first kappa shape index (κ1) is 28.1. The number of pyridine rings is 4. The Kier molecular flexibility index (Phi) is 6.39. The molecule has 6 heteroatoms. The van der Waals surface area contributed by atoms with E-state index in [1.165, 1.54) is 21.5 Å². The molecule has 0 aliphatic heterocycles. The molecule has 10 rings (SSSR count). The lowest BCUT2D eigenvalue weighted by Crippen LogP contribution is -1.99. The third-order valence-corrected chi connectivity index (χ3v) is 9.49. The number of benzene rings is 4. The van der Waals surface area contributed by atoms with E-state index in [4.69, 9.17) is 9.97 Å². The molecule has 0 aliphatic carbocycles. The molecule has 10 aromatic rings. The fraction of sp³-hybridized carbons (Fsp3) is 0. The Balaban J connectivity index is 1.03. The van der Waals surface area contributed by atoms with Gasteiger partial charge in [0, 0.05) is 68.6 Å². The van der Waals surface area contributed by atoms with Crippen molar-refractivity contribution in [3.63, 3.8) is 0 Å². The largest absolute Gasteiger partial charge is 0.294 e. The minimum Gasteiger partial charge on any atom is -0.294 e. The summed E-state index contributed by atoms with van der Waals surface area (Å²) in [6, 6.07) is 50.5. The van der Waals surface area contributed by atoms with Gasteiger partial charge in [0.05, 0.1) is 33.5 Å². The standard InChI is InChI=1S/C44H28N6/c1-5-17-39-33(11-1)34-12-2-6-18-40(34)49(39)43-21-9-15-37(47-43)31-23-29(25-45-27-31)30-24-32(28-46-26-30)38-16-10-22-44(48-38)50-41-19-7-3-13-35(41)36-14-4-8-20-42(36)50/h1-28H. The summed E-state index contributed by atoms with van der Waals surface area (Å²) in [5.41, 5.74) is 10.00. The second-order valence-electron chi connectivity index (χ2n) is 12.4. The fourth-order valence-corrected chi connectivity index (χ4v) is 7.23. The summed E-state index contributed by atoms with van der Waals surface area (Å²) in [5.74, 6) is 1.73. The van der Waals surface area contributed by atoms with Crippen molar-refractivity contribution in [3.8, 4) is 45.3 Å². The third-order valence-electron chi connectivity index (χ3n) is 9.49. The van der Waals surface area contributed by atoms with E-state index in [1.54, 1.807) is 0 Å². The Morgan fingerprint density at radius 3 is 1.04 bits per heavy atom. The molecule has 0 saturated carbocycles. The number of hydrogen-bond acceptors (Lipinski definition) is 4. The van der Waals surface area contributed by atoms with E-state index < -0.39 is 0 Å². The Morgan fingerprint density at radius 1 is 0.320 bits per heavy atom. The molecule has 0 spiro atoms. The molecule has 234 valence electrons. The summed E-state index contributed by atoms with van der Waals surface area (Å²) in [6.07, 6.45) is 7.50. The molecule has 50 heavy (non-hydrogen) atoms. The monoisotopic (exact) mass is 640 g/mol. The minimum atomic E-state index is 0.850. The summed E-state index contributed by atoms with van der Waals surface area (Å²) < 4.78 is 4.47. The lowest BCUT2D eigenvalue weighted by molar-refractivity contribution is 1.08. The quantitative estimate of drug-likeness (QED) is 0.188. The third kappa shape index (κ3) is 4.50. The summed E-state index contributed by atoms with van der Waals surface area (Å²) in [6.45, 7) is 0. The molecule has 0 N–H and O–H groups in total. The summed E-state index contributed by atoms with van der Waals surface area (Å²) in [5, 5.41) is 4.84. The maximum Gasteiger partial charge on any atom is 0.138 e. The van der Waals surface area contributed by atoms with E-state index >= 15 is 0 Å². The highest BCUT2D eigenvalue weighted by atomic mass is 15.1. The molecule has 0 unspecified atom stereocenters. The second-order valence-corrected chi connectivity index (χ2v) is 12.4. The molecular weight excluding hydrogens is 613 g/mol. The van der Waals surface area contributed by atoms with Crippen LogP contribution >= 0.6 is 0 Å². The van der Waals surface area contributed by atoms with Crippen molar-refractivity contribution in [1.29, 1.82) is 0 Å². The Labute approximate surface area is 287 Å². The van der Waals surface area contributed by atoms with E-state index in [9.17, 15) is 0 Å². The molecule has 0 amide bonds. The van der Waals surface area contributed by atoms with E-state index in [-0.39, 0.29) is 0 Å². The van der Waals surface area contributed by atoms with Crippen LogP contribution < -0.4 is 0 Å². The number of aromatic nitrogens is 6. The first-order chi connectivity index (χ1) is 24.8. The van der Waals surface area contributed by atoms with Gasteiger partial charge < -0.3 is 0 Å². The molecule has 0 bridgehead atoms. The summed E-state index contributed by atoms with van der Waals surface area (Å²) in [7, 11) is 0. The molecule has 0 aliphatic rings. The van der Waals surface area contributed by atoms with Crippen molar-refractivity contribution in [2.45, 2.75) is 0 Å². The van der Waals surface area contributed by atoms with E-state index in [0.717, 1.165) is 67.3 Å². The van der Waals surface area contributed by atoms with Crippen LogP contribution in [0.4, 0.5) is 0 Å². The Bertz CT molecular complexity index is 2590. The zero-order valence-electron chi connectivity index (χ0n) is 26.8. The van der Waals surface area contributed by atoms with Gasteiger partial charge in [-0.05, 0) is 60.7 Å². The average Bonchev–Trinajstić information content (AvgIpc) is 3.71. The smallest absolute Gasteiger partial charge is 0.138 e. The van der Waals surface area contributed by atoms with Gasteiger partial charge in [0.15, 0.2) is 0 Å². The van der Waals surface area contributed by atoms with E-state index in [2.05, 4.69) is 153 Å². The number of hydrogen-bond donors (Lipinski definition) is 0. The van der Waals surface area contributed by atoms with Gasteiger partial charge in [-0.15, -0.1) is 0 Å². The molecule has 6 heterocycles. The van der Waals surface area contributed by atoms with Gasteiger partial charge in [-0.25, -0.2) is 9.97 Å². The van der Waals surface area contributed by atoms with Crippen LogP contribution in [-0.2, 0) is 0 Å². The summed E-state index contributed by atoms with van der Waals surface area (Å²) in [4.78, 5) is 19.6. The molecule has 0 radical (unpaired) electrons. The molecule has 6 nitrogen and oxygen atoms in total. The van der Waals surface area contributed by atoms with Crippen LogP contribution in [0.3, 0.4) is 0 Å². The molecule has 0 atom stereocenters. The van der Waals surface area contributed by atoms with Gasteiger partial charge in [0.2, 0.25) is 0 Å². The molecule has 0 saturated heterocycles. The first-order valence-electron chi connectivity index (χ1n) is 16.6. The first-order valence-corrected chi connectivity index (χ1v) is 16.6. The van der Waals surface area contributed by atoms with Crippen LogP contribution in [0.15, 0.2) is 170 Å². The zero-order valence-corrected chi connectivity index (χ0v) is 26.8. The molecule has 6 aromatic heterocycles. The van der Waals surface area contributed by atoms with Crippen molar-refractivity contribution in [3.05, 3.63) is 170 Å². The van der Waals surface area contributed by atoms with Gasteiger partial charge in [-0.3, -0.25) is 19.1 Å². The van der Waals surface area contributed by atoms with Crippen molar-refractivity contribution < 1.29 is 0 Å². The number of rotatable bonds is 5. The van der Waals surface area contributed by atoms with Crippen LogP contribution in [0.25, 0.3) is 88.9 Å². The van der Waals surface area contributed by atoms with Crippen molar-refractivity contribution in [2.75, 3.05) is 0 Å². The summed E-state index contributed by atoms with van der Waals surface area (Å²) >= 11 is 0.